The predicted octanol–water partition coefficient (Wildman–Crippen LogP) is 5.07. The van der Waals surface area contributed by atoms with Crippen LogP contribution in [0.5, 0.6) is 5.75 Å². The summed E-state index contributed by atoms with van der Waals surface area (Å²) in [5, 5.41) is 1.85. The van der Waals surface area contributed by atoms with Gasteiger partial charge in [-0.1, -0.05) is 42.5 Å². The molecule has 0 radical (unpaired) electrons. The van der Waals surface area contributed by atoms with E-state index in [1.807, 2.05) is 73.0 Å². The van der Waals surface area contributed by atoms with Crippen molar-refractivity contribution in [2.45, 2.75) is 25.1 Å². The van der Waals surface area contributed by atoms with Gasteiger partial charge in [0.15, 0.2) is 5.72 Å². The quantitative estimate of drug-likeness (QED) is 0.614. The third-order valence-corrected chi connectivity index (χ3v) is 6.18. The molecule has 0 saturated carbocycles. The van der Waals surface area contributed by atoms with Crippen LogP contribution in [-0.2, 0) is 0 Å². The molecule has 0 spiro atoms. The Morgan fingerprint density at radius 1 is 1.07 bits per heavy atom. The van der Waals surface area contributed by atoms with Crippen LogP contribution in [0, 0.1) is 0 Å². The summed E-state index contributed by atoms with van der Waals surface area (Å²) in [7, 11) is 0. The lowest BCUT2D eigenvalue weighted by Gasteiger charge is -2.53. The van der Waals surface area contributed by atoms with Crippen molar-refractivity contribution in [2.75, 3.05) is 4.90 Å². The number of urea groups is 1. The number of hydrogen-bond donors (Lipinski definition) is 0. The normalized spacial score (nSPS) is 23.2. The minimum atomic E-state index is -0.871. The van der Waals surface area contributed by atoms with Crippen LogP contribution in [0.25, 0.3) is 0 Å². The van der Waals surface area contributed by atoms with Crippen LogP contribution < -0.4 is 9.64 Å². The van der Waals surface area contributed by atoms with E-state index >= 15 is 0 Å². The second-order valence-electron chi connectivity index (χ2n) is 7.14. The van der Waals surface area contributed by atoms with Gasteiger partial charge in [-0.3, -0.25) is 14.6 Å². The zero-order valence-electron chi connectivity index (χ0n) is 15.2. The lowest BCUT2D eigenvalue weighted by molar-refractivity contribution is 0.00284. The van der Waals surface area contributed by atoms with Crippen molar-refractivity contribution in [3.63, 3.8) is 0 Å². The number of amides is 3. The summed E-state index contributed by atoms with van der Waals surface area (Å²) in [6.45, 7) is 1.91. The number of anilines is 1. The Bertz CT molecular complexity index is 1050. The zero-order valence-corrected chi connectivity index (χ0v) is 16.1. The molecule has 3 aromatic rings. The van der Waals surface area contributed by atoms with E-state index < -0.39 is 5.72 Å². The van der Waals surface area contributed by atoms with Crippen molar-refractivity contribution in [2.24, 2.45) is 0 Å². The lowest BCUT2D eigenvalue weighted by atomic mass is 9.88. The number of fused-ring (bicyclic) bond motifs is 4. The summed E-state index contributed by atoms with van der Waals surface area (Å²) < 4.78 is 6.32. The van der Waals surface area contributed by atoms with Gasteiger partial charge in [0.2, 0.25) is 0 Å². The minimum absolute atomic E-state index is 0.273. The van der Waals surface area contributed by atoms with Gasteiger partial charge >= 0.3 is 6.03 Å². The molecule has 2 bridgehead atoms. The average molecular weight is 390 g/mol. The van der Waals surface area contributed by atoms with Crippen LogP contribution in [0.2, 0.25) is 0 Å². The Morgan fingerprint density at radius 2 is 1.82 bits per heavy atom. The van der Waals surface area contributed by atoms with Gasteiger partial charge in [0.05, 0.1) is 10.9 Å². The number of nitrogens with zero attached hydrogens (tertiary/aromatic N) is 2. The molecule has 0 aliphatic carbocycles. The highest BCUT2D eigenvalue weighted by atomic mass is 32.1. The monoisotopic (exact) mass is 390 g/mol. The first kappa shape index (κ1) is 17.0. The molecule has 5 nitrogen and oxygen atoms in total. The molecule has 2 aliphatic rings. The Labute approximate surface area is 166 Å². The number of para-hydroxylation sites is 2. The first-order valence-electron chi connectivity index (χ1n) is 9.13. The highest BCUT2D eigenvalue weighted by Crippen LogP contribution is 2.49. The van der Waals surface area contributed by atoms with E-state index in [0.717, 1.165) is 5.56 Å². The summed E-state index contributed by atoms with van der Waals surface area (Å²) in [6, 6.07) is 19.9. The average Bonchev–Trinajstić information content (AvgIpc) is 3.23. The molecule has 0 N–H and O–H groups in total. The third-order valence-electron chi connectivity index (χ3n) is 5.33. The molecule has 6 heteroatoms. The van der Waals surface area contributed by atoms with E-state index in [1.165, 1.54) is 16.2 Å². The minimum Gasteiger partial charge on any atom is -0.467 e. The van der Waals surface area contributed by atoms with Gasteiger partial charge in [-0.25, -0.2) is 4.79 Å². The largest absolute Gasteiger partial charge is 0.467 e. The van der Waals surface area contributed by atoms with Gasteiger partial charge in [-0.15, -0.1) is 11.3 Å². The fourth-order valence-electron chi connectivity index (χ4n) is 4.11. The molecule has 0 unspecified atom stereocenters. The van der Waals surface area contributed by atoms with E-state index in [9.17, 15) is 9.59 Å². The number of carbonyl (C=O) groups excluding carboxylic acids is 2. The number of carbonyl (C=O) groups is 2. The molecule has 140 valence electrons. The molecule has 1 aromatic heterocycles. The van der Waals surface area contributed by atoms with Gasteiger partial charge < -0.3 is 4.74 Å². The van der Waals surface area contributed by atoms with E-state index in [0.29, 0.717) is 22.7 Å². The molecule has 2 aliphatic heterocycles. The van der Waals surface area contributed by atoms with Crippen LogP contribution >= 0.6 is 11.3 Å². The molecule has 2 aromatic carbocycles. The first-order chi connectivity index (χ1) is 13.6. The maximum absolute atomic E-state index is 13.6. The molecule has 1 fully saturated rings. The molecular weight excluding hydrogens is 372 g/mol. The number of rotatable bonds is 2. The number of benzene rings is 2. The summed E-state index contributed by atoms with van der Waals surface area (Å²) in [5.41, 5.74) is 0.701. The van der Waals surface area contributed by atoms with Crippen molar-refractivity contribution in [1.29, 1.82) is 0 Å². The summed E-state index contributed by atoms with van der Waals surface area (Å²) >= 11 is 1.34. The maximum Gasteiger partial charge on any atom is 0.335 e. The van der Waals surface area contributed by atoms with Gasteiger partial charge in [0.1, 0.15) is 5.75 Å². The first-order valence-corrected chi connectivity index (χ1v) is 10.0. The van der Waals surface area contributed by atoms with Crippen LogP contribution in [0.4, 0.5) is 10.5 Å². The third kappa shape index (κ3) is 2.45. The predicted molar refractivity (Wildman–Crippen MR) is 108 cm³/mol. The van der Waals surface area contributed by atoms with Crippen molar-refractivity contribution in [3.8, 4) is 5.75 Å². The Morgan fingerprint density at radius 3 is 2.57 bits per heavy atom. The van der Waals surface area contributed by atoms with Crippen LogP contribution in [0.3, 0.4) is 0 Å². The summed E-state index contributed by atoms with van der Waals surface area (Å²) in [5.74, 6) is 0.434. The fraction of sp³-hybridized carbons (Fsp3) is 0.182. The molecule has 5 rings (SSSR count). The number of hydrogen-bond acceptors (Lipinski definition) is 4. The van der Waals surface area contributed by atoms with Crippen LogP contribution in [0.1, 0.15) is 34.6 Å². The second kappa shape index (κ2) is 6.21. The Kier molecular flexibility index (Phi) is 3.77. The zero-order chi connectivity index (χ0) is 19.3. The molecule has 3 amide bonds. The van der Waals surface area contributed by atoms with Crippen LogP contribution in [-0.4, -0.2) is 22.6 Å². The van der Waals surface area contributed by atoms with Gasteiger partial charge in [0, 0.05) is 17.7 Å². The molecule has 3 heterocycles. The molecule has 28 heavy (non-hydrogen) atoms. The topological polar surface area (TPSA) is 49.9 Å². The Hall–Kier alpha value is -3.12. The highest BCUT2D eigenvalue weighted by Gasteiger charge is 2.55. The van der Waals surface area contributed by atoms with E-state index in [4.69, 9.17) is 4.74 Å². The van der Waals surface area contributed by atoms with Crippen molar-refractivity contribution >= 4 is 29.0 Å². The molecular formula is C22H18N2O3S. The number of thiophene rings is 1. The number of imide groups is 1. The molecule has 2 atom stereocenters. The van der Waals surface area contributed by atoms with Crippen molar-refractivity contribution in [3.05, 3.63) is 82.6 Å². The van der Waals surface area contributed by atoms with Crippen LogP contribution in [0.15, 0.2) is 72.1 Å². The van der Waals surface area contributed by atoms with Gasteiger partial charge in [-0.2, -0.15) is 0 Å². The van der Waals surface area contributed by atoms with Crippen molar-refractivity contribution in [1.82, 2.24) is 4.90 Å². The van der Waals surface area contributed by atoms with E-state index in [1.54, 1.807) is 11.0 Å². The summed E-state index contributed by atoms with van der Waals surface area (Å²) in [4.78, 5) is 30.5. The summed E-state index contributed by atoms with van der Waals surface area (Å²) in [6.07, 6.45) is 0.502. The number of ether oxygens (including phenoxy) is 1. The fourth-order valence-corrected chi connectivity index (χ4v) is 4.77. The second-order valence-corrected chi connectivity index (χ2v) is 8.09. The van der Waals surface area contributed by atoms with E-state index in [2.05, 4.69) is 0 Å². The Balaban J connectivity index is 1.69. The SMILES string of the molecule is C[C@]12C[C@H](c3ccccc3O1)N(C(=O)c1cccs1)C(=O)N2c1ccccc1. The van der Waals surface area contributed by atoms with Crippen molar-refractivity contribution < 1.29 is 14.3 Å². The van der Waals surface area contributed by atoms with E-state index in [-0.39, 0.29) is 18.0 Å². The smallest absolute Gasteiger partial charge is 0.335 e. The standard InChI is InChI=1S/C22H18N2O3S/c1-22-14-17(16-10-5-6-11-18(16)27-22)23(20(25)19-12-7-13-28-19)21(26)24(22)15-8-3-2-4-9-15/h2-13,17H,14H2,1H3/t17-,22-/m1/s1. The highest BCUT2D eigenvalue weighted by molar-refractivity contribution is 7.12. The lowest BCUT2D eigenvalue weighted by Crippen LogP contribution is -2.67. The maximum atomic E-state index is 13.6. The molecule has 1 saturated heterocycles. The van der Waals surface area contributed by atoms with Gasteiger partial charge in [0.25, 0.3) is 5.91 Å². The van der Waals surface area contributed by atoms with Gasteiger partial charge in [-0.05, 0) is 36.6 Å².